The highest BCUT2D eigenvalue weighted by Crippen LogP contribution is 2.35. The summed E-state index contributed by atoms with van der Waals surface area (Å²) in [6, 6.07) is 6.07. The first kappa shape index (κ1) is 16.0. The number of nitrogens with zero attached hydrogens (tertiary/aromatic N) is 1. The fourth-order valence-corrected chi connectivity index (χ4v) is 3.05. The van der Waals surface area contributed by atoms with Gasteiger partial charge < -0.3 is 15.0 Å². The van der Waals surface area contributed by atoms with Gasteiger partial charge in [0.15, 0.2) is 6.10 Å². The first-order chi connectivity index (χ1) is 10.2. The minimum Gasteiger partial charge on any atom is -0.367 e. The van der Waals surface area contributed by atoms with Crippen molar-refractivity contribution in [3.63, 3.8) is 0 Å². The van der Waals surface area contributed by atoms with Crippen molar-refractivity contribution in [3.8, 4) is 0 Å². The van der Waals surface area contributed by atoms with Crippen molar-refractivity contribution >= 4 is 11.6 Å². The van der Waals surface area contributed by atoms with E-state index in [-0.39, 0.29) is 5.91 Å². The second-order valence-corrected chi connectivity index (χ2v) is 5.58. The molecule has 0 aliphatic carbocycles. The molecule has 0 fully saturated rings. The lowest BCUT2D eigenvalue weighted by Crippen LogP contribution is -2.28. The first-order valence-corrected chi connectivity index (χ1v) is 7.89. The highest BCUT2D eigenvalue weighted by molar-refractivity contribution is 6.02. The molecule has 1 aliphatic rings. The molecule has 116 valence electrons. The predicted octanol–water partition coefficient (Wildman–Crippen LogP) is 2.99. The SMILES string of the molecule is CCCN(CCC)CCc1cccc2c1[C@@H](OC)C(=O)N2. The van der Waals surface area contributed by atoms with Gasteiger partial charge in [0.1, 0.15) is 0 Å². The van der Waals surface area contributed by atoms with E-state index < -0.39 is 6.10 Å². The van der Waals surface area contributed by atoms with Crippen LogP contribution in [0.25, 0.3) is 0 Å². The Bertz CT molecular complexity index is 482. The molecule has 21 heavy (non-hydrogen) atoms. The van der Waals surface area contributed by atoms with Gasteiger partial charge in [-0.2, -0.15) is 0 Å². The average Bonchev–Trinajstić information content (AvgIpc) is 2.81. The largest absolute Gasteiger partial charge is 0.367 e. The fourth-order valence-electron chi connectivity index (χ4n) is 3.05. The van der Waals surface area contributed by atoms with E-state index >= 15 is 0 Å². The number of anilines is 1. The van der Waals surface area contributed by atoms with Gasteiger partial charge in [-0.15, -0.1) is 0 Å². The van der Waals surface area contributed by atoms with Gasteiger partial charge in [-0.05, 0) is 44.0 Å². The standard InChI is InChI=1S/C17H26N2O2/c1-4-10-19(11-5-2)12-9-13-7-6-8-14-15(13)16(21-3)17(20)18-14/h6-8,16H,4-5,9-12H2,1-3H3,(H,18,20)/t16-/m1/s1. The van der Waals surface area contributed by atoms with Gasteiger partial charge in [-0.25, -0.2) is 0 Å². The number of carbonyl (C=O) groups is 1. The molecule has 0 radical (unpaired) electrons. The average molecular weight is 290 g/mol. The molecule has 0 saturated carbocycles. The number of amides is 1. The number of ether oxygens (including phenoxy) is 1. The molecule has 4 heteroatoms. The quantitative estimate of drug-likeness (QED) is 0.800. The van der Waals surface area contributed by atoms with Crippen LogP contribution >= 0.6 is 0 Å². The van der Waals surface area contributed by atoms with Crippen LogP contribution in [-0.4, -0.2) is 37.6 Å². The van der Waals surface area contributed by atoms with Crippen molar-refractivity contribution in [2.24, 2.45) is 0 Å². The monoisotopic (exact) mass is 290 g/mol. The summed E-state index contributed by atoms with van der Waals surface area (Å²) in [5.41, 5.74) is 3.15. The topological polar surface area (TPSA) is 41.6 Å². The summed E-state index contributed by atoms with van der Waals surface area (Å²) in [6.07, 6.45) is 2.85. The Morgan fingerprint density at radius 3 is 2.52 bits per heavy atom. The number of hydrogen-bond donors (Lipinski definition) is 1. The number of hydrogen-bond acceptors (Lipinski definition) is 3. The van der Waals surface area contributed by atoms with Gasteiger partial charge in [0.25, 0.3) is 5.91 Å². The third-order valence-electron chi connectivity index (χ3n) is 3.97. The van der Waals surface area contributed by atoms with Crippen molar-refractivity contribution in [2.45, 2.75) is 39.2 Å². The van der Waals surface area contributed by atoms with E-state index in [2.05, 4.69) is 30.1 Å². The van der Waals surface area contributed by atoms with Crippen molar-refractivity contribution < 1.29 is 9.53 Å². The van der Waals surface area contributed by atoms with Crippen LogP contribution in [-0.2, 0) is 16.0 Å². The maximum Gasteiger partial charge on any atom is 0.258 e. The Hall–Kier alpha value is -1.39. The molecule has 0 spiro atoms. The molecule has 1 heterocycles. The van der Waals surface area contributed by atoms with Crippen molar-refractivity contribution in [1.82, 2.24) is 4.90 Å². The molecule has 1 aliphatic heterocycles. The summed E-state index contributed by atoms with van der Waals surface area (Å²) >= 11 is 0. The number of benzene rings is 1. The first-order valence-electron chi connectivity index (χ1n) is 7.89. The maximum atomic E-state index is 11.9. The van der Waals surface area contributed by atoms with Crippen molar-refractivity contribution in [3.05, 3.63) is 29.3 Å². The summed E-state index contributed by atoms with van der Waals surface area (Å²) in [5, 5.41) is 2.90. The van der Waals surface area contributed by atoms with E-state index in [4.69, 9.17) is 4.74 Å². The highest BCUT2D eigenvalue weighted by atomic mass is 16.5. The summed E-state index contributed by atoms with van der Waals surface area (Å²) in [6.45, 7) is 7.73. The molecular weight excluding hydrogens is 264 g/mol. The minimum atomic E-state index is -0.456. The van der Waals surface area contributed by atoms with E-state index in [1.54, 1.807) is 7.11 Å². The Morgan fingerprint density at radius 1 is 1.19 bits per heavy atom. The second-order valence-electron chi connectivity index (χ2n) is 5.58. The Morgan fingerprint density at radius 2 is 1.90 bits per heavy atom. The molecule has 2 rings (SSSR count). The van der Waals surface area contributed by atoms with Gasteiger partial charge in [0.05, 0.1) is 0 Å². The van der Waals surface area contributed by atoms with Crippen molar-refractivity contribution in [2.75, 3.05) is 32.1 Å². The molecule has 4 nitrogen and oxygen atoms in total. The molecule has 0 bridgehead atoms. The lowest BCUT2D eigenvalue weighted by molar-refractivity contribution is -0.125. The van der Waals surface area contributed by atoms with Crippen LogP contribution in [0.3, 0.4) is 0 Å². The third kappa shape index (κ3) is 3.63. The summed E-state index contributed by atoms with van der Waals surface area (Å²) in [5.74, 6) is -0.0566. The lowest BCUT2D eigenvalue weighted by Gasteiger charge is -2.22. The fraction of sp³-hybridized carbons (Fsp3) is 0.588. The molecular formula is C17H26N2O2. The van der Waals surface area contributed by atoms with Crippen LogP contribution in [0, 0.1) is 0 Å². The number of rotatable bonds is 8. The zero-order valence-electron chi connectivity index (χ0n) is 13.3. The molecule has 1 N–H and O–H groups in total. The second kappa shape index (κ2) is 7.57. The van der Waals surface area contributed by atoms with Gasteiger partial charge in [-0.1, -0.05) is 26.0 Å². The van der Waals surface area contributed by atoms with Crippen LogP contribution in [0.1, 0.15) is 43.9 Å². The van der Waals surface area contributed by atoms with Crippen LogP contribution < -0.4 is 5.32 Å². The van der Waals surface area contributed by atoms with E-state index in [9.17, 15) is 4.79 Å². The van der Waals surface area contributed by atoms with E-state index in [0.717, 1.165) is 37.3 Å². The molecule has 1 atom stereocenters. The minimum absolute atomic E-state index is 0.0566. The third-order valence-corrected chi connectivity index (χ3v) is 3.97. The van der Waals surface area contributed by atoms with Crippen molar-refractivity contribution in [1.29, 1.82) is 0 Å². The normalized spacial score (nSPS) is 17.1. The van der Waals surface area contributed by atoms with Gasteiger partial charge in [-0.3, -0.25) is 4.79 Å². The van der Waals surface area contributed by atoms with Crippen LogP contribution in [0.4, 0.5) is 5.69 Å². The Labute approximate surface area is 127 Å². The highest BCUT2D eigenvalue weighted by Gasteiger charge is 2.32. The molecule has 0 unspecified atom stereocenters. The molecule has 1 aromatic rings. The van der Waals surface area contributed by atoms with Gasteiger partial charge >= 0.3 is 0 Å². The summed E-state index contributed by atoms with van der Waals surface area (Å²) in [4.78, 5) is 14.4. The molecule has 1 aromatic carbocycles. The van der Waals surface area contributed by atoms with Crippen LogP contribution in [0.2, 0.25) is 0 Å². The Kier molecular flexibility index (Phi) is 5.76. The van der Waals surface area contributed by atoms with Crippen LogP contribution in [0.15, 0.2) is 18.2 Å². The molecule has 0 aromatic heterocycles. The summed E-state index contributed by atoms with van der Waals surface area (Å²) < 4.78 is 5.37. The Balaban J connectivity index is 2.11. The number of methoxy groups -OCH3 is 1. The van der Waals surface area contributed by atoms with E-state index in [1.807, 2.05) is 12.1 Å². The zero-order chi connectivity index (χ0) is 15.2. The maximum absolute atomic E-state index is 11.9. The van der Waals surface area contributed by atoms with E-state index in [0.29, 0.717) is 0 Å². The predicted molar refractivity (Wildman–Crippen MR) is 85.5 cm³/mol. The number of fused-ring (bicyclic) bond motifs is 1. The number of carbonyl (C=O) groups excluding carboxylic acids is 1. The van der Waals surface area contributed by atoms with Gasteiger partial charge in [0, 0.05) is 24.9 Å². The molecule has 1 amide bonds. The van der Waals surface area contributed by atoms with Crippen LogP contribution in [0.5, 0.6) is 0 Å². The smallest absolute Gasteiger partial charge is 0.258 e. The number of nitrogens with one attached hydrogen (secondary N) is 1. The van der Waals surface area contributed by atoms with E-state index in [1.165, 1.54) is 18.4 Å². The van der Waals surface area contributed by atoms with Gasteiger partial charge in [0.2, 0.25) is 0 Å². The summed E-state index contributed by atoms with van der Waals surface area (Å²) in [7, 11) is 1.59. The zero-order valence-corrected chi connectivity index (χ0v) is 13.3. The lowest BCUT2D eigenvalue weighted by atomic mass is 10.00. The molecule has 0 saturated heterocycles.